The molecule has 0 aromatic heterocycles. The highest BCUT2D eigenvalue weighted by Crippen LogP contribution is 2.23. The van der Waals surface area contributed by atoms with Crippen molar-refractivity contribution in [1.29, 1.82) is 0 Å². The second-order valence-corrected chi connectivity index (χ2v) is 5.23. The Morgan fingerprint density at radius 3 is 2.37 bits per heavy atom. The van der Waals surface area contributed by atoms with Gasteiger partial charge in [-0.2, -0.15) is 0 Å². The highest BCUT2D eigenvalue weighted by molar-refractivity contribution is 5.99. The summed E-state index contributed by atoms with van der Waals surface area (Å²) in [6, 6.07) is 1.64. The zero-order valence-corrected chi connectivity index (χ0v) is 11.3. The third kappa shape index (κ3) is 3.30. The highest BCUT2D eigenvalue weighted by Gasteiger charge is 2.28. The zero-order chi connectivity index (χ0) is 14.8. The number of nitrogens with two attached hydrogens (primary N) is 1. The van der Waals surface area contributed by atoms with Crippen molar-refractivity contribution in [3.05, 3.63) is 42.0 Å². The molecule has 1 aromatic rings. The molecule has 0 bridgehead atoms. The van der Waals surface area contributed by atoms with Gasteiger partial charge in [0, 0.05) is 23.8 Å². The molecule has 0 heterocycles. The van der Waals surface area contributed by atoms with Crippen LogP contribution in [-0.4, -0.2) is 22.9 Å². The molecule has 0 spiro atoms. The van der Waals surface area contributed by atoms with Crippen LogP contribution in [0.2, 0.25) is 0 Å². The number of hydrogen-bond donors (Lipinski definition) is 1. The molecule has 1 amide bonds. The second-order valence-electron chi connectivity index (χ2n) is 5.23. The van der Waals surface area contributed by atoms with Gasteiger partial charge in [0.1, 0.15) is 0 Å². The number of nitrogen functional groups attached to an aromatic ring is 1. The number of amides is 1. The third-order valence-corrected chi connectivity index (χ3v) is 2.69. The van der Waals surface area contributed by atoms with Gasteiger partial charge in [0.05, 0.1) is 5.56 Å². The van der Waals surface area contributed by atoms with E-state index >= 15 is 0 Å². The van der Waals surface area contributed by atoms with Crippen LogP contribution in [0.5, 0.6) is 0 Å². The van der Waals surface area contributed by atoms with Crippen molar-refractivity contribution in [3.63, 3.8) is 0 Å². The summed E-state index contributed by atoms with van der Waals surface area (Å²) < 4.78 is 26.3. The van der Waals surface area contributed by atoms with Gasteiger partial charge in [-0.25, -0.2) is 8.78 Å². The van der Waals surface area contributed by atoms with E-state index in [1.165, 1.54) is 4.90 Å². The number of carbonyl (C=O) groups is 1. The van der Waals surface area contributed by atoms with Gasteiger partial charge < -0.3 is 10.6 Å². The Labute approximate surface area is 111 Å². The molecule has 0 aliphatic rings. The molecule has 0 radical (unpaired) electrons. The number of carbonyl (C=O) groups excluding carboxylic acids is 1. The Hall–Kier alpha value is -1.91. The lowest BCUT2D eigenvalue weighted by molar-refractivity contribution is 0.0617. The Balaban J connectivity index is 3.24. The molecule has 0 saturated heterocycles. The van der Waals surface area contributed by atoms with E-state index in [4.69, 9.17) is 5.73 Å². The lowest BCUT2D eigenvalue weighted by Crippen LogP contribution is -2.45. The summed E-state index contributed by atoms with van der Waals surface area (Å²) >= 11 is 0. The Morgan fingerprint density at radius 2 is 1.89 bits per heavy atom. The molecule has 5 heteroatoms. The molecule has 3 nitrogen and oxygen atoms in total. The molecule has 1 rings (SSSR count). The molecule has 0 atom stereocenters. The predicted molar refractivity (Wildman–Crippen MR) is 71.8 cm³/mol. The van der Waals surface area contributed by atoms with Gasteiger partial charge >= 0.3 is 0 Å². The first-order chi connectivity index (χ1) is 8.68. The first-order valence-electron chi connectivity index (χ1n) is 5.86. The normalized spacial score (nSPS) is 11.2. The molecular formula is C14H18F2N2O. The SMILES string of the molecule is C=CCN(C(=O)c1cc(F)c(F)cc1N)C(C)(C)C. The van der Waals surface area contributed by atoms with Gasteiger partial charge in [-0.3, -0.25) is 4.79 Å². The second kappa shape index (κ2) is 5.38. The minimum atomic E-state index is -1.09. The summed E-state index contributed by atoms with van der Waals surface area (Å²) in [6.07, 6.45) is 1.57. The molecule has 0 aliphatic heterocycles. The van der Waals surface area contributed by atoms with Crippen LogP contribution in [0.1, 0.15) is 31.1 Å². The van der Waals surface area contributed by atoms with Gasteiger partial charge in [-0.1, -0.05) is 6.08 Å². The van der Waals surface area contributed by atoms with E-state index in [-0.39, 0.29) is 11.3 Å². The fourth-order valence-electron chi connectivity index (χ4n) is 1.68. The number of anilines is 1. The fourth-order valence-corrected chi connectivity index (χ4v) is 1.68. The number of hydrogen-bond acceptors (Lipinski definition) is 2. The maximum Gasteiger partial charge on any atom is 0.256 e. The standard InChI is InChI=1S/C14H18F2N2O/c1-5-6-18(14(2,3)4)13(19)9-7-10(15)11(16)8-12(9)17/h5,7-8H,1,6,17H2,2-4H3. The Morgan fingerprint density at radius 1 is 1.37 bits per heavy atom. The fraction of sp³-hybridized carbons (Fsp3) is 0.357. The monoisotopic (exact) mass is 268 g/mol. The van der Waals surface area contributed by atoms with Crippen LogP contribution in [0.3, 0.4) is 0 Å². The number of nitrogens with zero attached hydrogens (tertiary/aromatic N) is 1. The van der Waals surface area contributed by atoms with Gasteiger partial charge in [0.2, 0.25) is 0 Å². The summed E-state index contributed by atoms with van der Waals surface area (Å²) in [7, 11) is 0. The smallest absolute Gasteiger partial charge is 0.256 e. The van der Waals surface area contributed by atoms with E-state index in [2.05, 4.69) is 6.58 Å². The summed E-state index contributed by atoms with van der Waals surface area (Å²) in [5.41, 5.74) is 4.98. The lowest BCUT2D eigenvalue weighted by Gasteiger charge is -2.35. The first-order valence-corrected chi connectivity index (χ1v) is 5.86. The predicted octanol–water partition coefficient (Wildman–Crippen LogP) is 2.97. The van der Waals surface area contributed by atoms with Crippen molar-refractivity contribution in [2.24, 2.45) is 0 Å². The lowest BCUT2D eigenvalue weighted by atomic mass is 10.0. The number of rotatable bonds is 3. The molecule has 2 N–H and O–H groups in total. The van der Waals surface area contributed by atoms with Crippen molar-refractivity contribution in [1.82, 2.24) is 4.90 Å². The van der Waals surface area contributed by atoms with Crippen LogP contribution in [0, 0.1) is 11.6 Å². The van der Waals surface area contributed by atoms with Gasteiger partial charge in [-0.15, -0.1) is 6.58 Å². The minimum absolute atomic E-state index is 0.0457. The maximum atomic E-state index is 13.2. The van der Waals surface area contributed by atoms with Crippen molar-refractivity contribution < 1.29 is 13.6 Å². The first kappa shape index (κ1) is 15.1. The Bertz CT molecular complexity index is 507. The Kier molecular flexibility index (Phi) is 4.29. The van der Waals surface area contributed by atoms with Gasteiger partial charge in [0.15, 0.2) is 11.6 Å². The van der Waals surface area contributed by atoms with E-state index in [0.29, 0.717) is 6.54 Å². The molecule has 0 unspecified atom stereocenters. The highest BCUT2D eigenvalue weighted by atomic mass is 19.2. The van der Waals surface area contributed by atoms with Crippen LogP contribution in [0.25, 0.3) is 0 Å². The molecular weight excluding hydrogens is 250 g/mol. The van der Waals surface area contributed by atoms with Crippen LogP contribution in [0.4, 0.5) is 14.5 Å². The van der Waals surface area contributed by atoms with Crippen molar-refractivity contribution >= 4 is 11.6 Å². The third-order valence-electron chi connectivity index (χ3n) is 2.69. The summed E-state index contributed by atoms with van der Waals surface area (Å²) in [5.74, 6) is -2.62. The van der Waals surface area contributed by atoms with Gasteiger partial charge in [0.25, 0.3) is 5.91 Å². The number of halogens is 2. The zero-order valence-electron chi connectivity index (χ0n) is 11.3. The van der Waals surface area contributed by atoms with Gasteiger partial charge in [-0.05, 0) is 26.8 Å². The van der Waals surface area contributed by atoms with Crippen molar-refractivity contribution in [2.75, 3.05) is 12.3 Å². The van der Waals surface area contributed by atoms with Crippen LogP contribution >= 0.6 is 0 Å². The molecule has 19 heavy (non-hydrogen) atoms. The van der Waals surface area contributed by atoms with Crippen molar-refractivity contribution in [2.45, 2.75) is 26.3 Å². The molecule has 0 saturated carbocycles. The number of benzene rings is 1. The topological polar surface area (TPSA) is 46.3 Å². The molecule has 0 aliphatic carbocycles. The van der Waals surface area contributed by atoms with E-state index in [0.717, 1.165) is 12.1 Å². The molecule has 104 valence electrons. The largest absolute Gasteiger partial charge is 0.398 e. The quantitative estimate of drug-likeness (QED) is 0.676. The molecule has 1 aromatic carbocycles. The van der Waals surface area contributed by atoms with Crippen LogP contribution in [-0.2, 0) is 0 Å². The average molecular weight is 268 g/mol. The van der Waals surface area contributed by atoms with E-state index in [9.17, 15) is 13.6 Å². The summed E-state index contributed by atoms with van der Waals surface area (Å²) in [5, 5.41) is 0. The van der Waals surface area contributed by atoms with E-state index in [1.54, 1.807) is 6.08 Å². The van der Waals surface area contributed by atoms with E-state index < -0.39 is 23.1 Å². The molecule has 0 fully saturated rings. The van der Waals surface area contributed by atoms with Crippen LogP contribution in [0.15, 0.2) is 24.8 Å². The van der Waals surface area contributed by atoms with Crippen molar-refractivity contribution in [3.8, 4) is 0 Å². The summed E-state index contributed by atoms with van der Waals surface area (Å²) in [6.45, 7) is 9.39. The van der Waals surface area contributed by atoms with Crippen LogP contribution < -0.4 is 5.73 Å². The average Bonchev–Trinajstić information content (AvgIpc) is 2.28. The summed E-state index contributed by atoms with van der Waals surface area (Å²) in [4.78, 5) is 13.9. The minimum Gasteiger partial charge on any atom is -0.398 e. The van der Waals surface area contributed by atoms with E-state index in [1.807, 2.05) is 20.8 Å². The maximum absolute atomic E-state index is 13.2.